The first-order valence-electron chi connectivity index (χ1n) is 9.98. The van der Waals surface area contributed by atoms with Crippen LogP contribution >= 0.6 is 0 Å². The van der Waals surface area contributed by atoms with E-state index in [0.29, 0.717) is 19.0 Å². The maximum atomic E-state index is 12.7. The zero-order chi connectivity index (χ0) is 18.1. The highest BCUT2D eigenvalue weighted by atomic mass is 16.2. The molecule has 26 heavy (non-hydrogen) atoms. The number of nitrogens with one attached hydrogen (secondary N) is 1. The van der Waals surface area contributed by atoms with E-state index in [0.717, 1.165) is 43.6 Å². The smallest absolute Gasteiger partial charge is 0.317 e. The Hall–Kier alpha value is -2.04. The van der Waals surface area contributed by atoms with Gasteiger partial charge in [0.2, 0.25) is 5.91 Å². The number of para-hydroxylation sites is 1. The van der Waals surface area contributed by atoms with Gasteiger partial charge in [-0.3, -0.25) is 4.79 Å². The van der Waals surface area contributed by atoms with E-state index in [2.05, 4.69) is 5.32 Å². The fourth-order valence-electron chi connectivity index (χ4n) is 4.88. The third kappa shape index (κ3) is 3.31. The number of benzene rings is 1. The highest BCUT2D eigenvalue weighted by Crippen LogP contribution is 2.42. The molecule has 2 saturated heterocycles. The summed E-state index contributed by atoms with van der Waals surface area (Å²) in [5.74, 6) is 0.189. The maximum Gasteiger partial charge on any atom is 0.317 e. The van der Waals surface area contributed by atoms with E-state index in [1.807, 2.05) is 41.0 Å². The monoisotopic (exact) mass is 355 g/mol. The molecule has 5 nitrogen and oxygen atoms in total. The number of urea groups is 1. The summed E-state index contributed by atoms with van der Waals surface area (Å²) in [7, 11) is 0. The lowest BCUT2D eigenvalue weighted by Crippen LogP contribution is -2.45. The second-order valence-corrected chi connectivity index (χ2v) is 8.40. The van der Waals surface area contributed by atoms with Crippen molar-refractivity contribution in [1.82, 2.24) is 10.2 Å². The number of hydrogen-bond donors (Lipinski definition) is 1. The van der Waals surface area contributed by atoms with Crippen LogP contribution in [0.2, 0.25) is 0 Å². The van der Waals surface area contributed by atoms with E-state index in [9.17, 15) is 9.59 Å². The number of amides is 3. The van der Waals surface area contributed by atoms with Gasteiger partial charge in [0.1, 0.15) is 0 Å². The van der Waals surface area contributed by atoms with Crippen molar-refractivity contribution in [3.05, 3.63) is 29.8 Å². The lowest BCUT2D eigenvalue weighted by molar-refractivity contribution is -0.117. The average molecular weight is 355 g/mol. The fourth-order valence-corrected chi connectivity index (χ4v) is 4.88. The first-order valence-corrected chi connectivity index (χ1v) is 9.98. The number of anilines is 1. The predicted octanol–water partition coefficient (Wildman–Crippen LogP) is 3.47. The van der Waals surface area contributed by atoms with E-state index < -0.39 is 0 Å². The second kappa shape index (κ2) is 6.93. The van der Waals surface area contributed by atoms with Crippen molar-refractivity contribution >= 4 is 17.6 Å². The van der Waals surface area contributed by atoms with Crippen molar-refractivity contribution in [2.24, 2.45) is 5.41 Å². The van der Waals surface area contributed by atoms with Crippen molar-refractivity contribution in [1.29, 1.82) is 0 Å². The van der Waals surface area contributed by atoms with Gasteiger partial charge in [0.05, 0.1) is 0 Å². The van der Waals surface area contributed by atoms with E-state index in [1.54, 1.807) is 0 Å². The van der Waals surface area contributed by atoms with Gasteiger partial charge in [0.25, 0.3) is 0 Å². The van der Waals surface area contributed by atoms with Crippen LogP contribution in [0.1, 0.15) is 50.5 Å². The molecule has 1 aromatic carbocycles. The summed E-state index contributed by atoms with van der Waals surface area (Å²) in [5, 5.41) is 3.22. The number of carbonyl (C=O) groups is 2. The Bertz CT molecular complexity index is 698. The van der Waals surface area contributed by atoms with Crippen LogP contribution in [0.15, 0.2) is 24.3 Å². The van der Waals surface area contributed by atoms with E-state index in [-0.39, 0.29) is 17.4 Å². The molecule has 5 heteroatoms. The highest BCUT2D eigenvalue weighted by molar-refractivity contribution is 5.97. The molecule has 2 aliphatic heterocycles. The molecule has 1 saturated carbocycles. The molecule has 1 N–H and O–H groups in total. The van der Waals surface area contributed by atoms with Crippen molar-refractivity contribution < 1.29 is 9.59 Å². The quantitative estimate of drug-likeness (QED) is 0.883. The topological polar surface area (TPSA) is 52.6 Å². The van der Waals surface area contributed by atoms with Crippen LogP contribution in [0.3, 0.4) is 0 Å². The lowest BCUT2D eigenvalue weighted by atomic mass is 9.86. The summed E-state index contributed by atoms with van der Waals surface area (Å²) in [4.78, 5) is 29.2. The molecular formula is C21H29N3O2. The molecule has 1 aliphatic carbocycles. The average Bonchev–Trinajstić information content (AvgIpc) is 3.19. The second-order valence-electron chi connectivity index (χ2n) is 8.40. The third-order valence-electron chi connectivity index (χ3n) is 6.39. The molecule has 2 heterocycles. The molecular weight excluding hydrogens is 326 g/mol. The van der Waals surface area contributed by atoms with Gasteiger partial charge in [-0.2, -0.15) is 0 Å². The van der Waals surface area contributed by atoms with Crippen LogP contribution in [0.4, 0.5) is 10.5 Å². The minimum absolute atomic E-state index is 0.0653. The number of aryl methyl sites for hydroxylation is 1. The predicted molar refractivity (Wildman–Crippen MR) is 102 cm³/mol. The standard InChI is InChI=1S/C21H29N3O2/c1-16-7-5-6-10-18(16)24-15-21(13-19(24)25)11-12-23(14-21)20(26)22-17-8-3-2-4-9-17/h5-7,10,17H,2-4,8-9,11-15H2,1H3,(H,22,26). The first kappa shape index (κ1) is 17.4. The van der Waals surface area contributed by atoms with Crippen LogP contribution in [0, 0.1) is 12.3 Å². The van der Waals surface area contributed by atoms with Crippen molar-refractivity contribution in [2.45, 2.75) is 57.9 Å². The summed E-state index contributed by atoms with van der Waals surface area (Å²) in [5.41, 5.74) is 2.06. The summed E-state index contributed by atoms with van der Waals surface area (Å²) in [6, 6.07) is 8.46. The van der Waals surface area contributed by atoms with Gasteiger partial charge in [0, 0.05) is 43.2 Å². The van der Waals surface area contributed by atoms with Crippen LogP contribution in [-0.4, -0.2) is 42.5 Å². The Labute approximate surface area is 155 Å². The van der Waals surface area contributed by atoms with E-state index in [1.165, 1.54) is 19.3 Å². The van der Waals surface area contributed by atoms with E-state index in [4.69, 9.17) is 0 Å². The largest absolute Gasteiger partial charge is 0.335 e. The molecule has 4 rings (SSSR count). The van der Waals surface area contributed by atoms with Gasteiger partial charge in [-0.25, -0.2) is 4.79 Å². The normalized spacial score (nSPS) is 26.7. The minimum Gasteiger partial charge on any atom is -0.335 e. The number of hydrogen-bond acceptors (Lipinski definition) is 2. The summed E-state index contributed by atoms with van der Waals surface area (Å²) in [6.07, 6.45) is 7.39. The highest BCUT2D eigenvalue weighted by Gasteiger charge is 2.49. The molecule has 0 radical (unpaired) electrons. The Kier molecular flexibility index (Phi) is 4.63. The zero-order valence-electron chi connectivity index (χ0n) is 15.7. The number of likely N-dealkylation sites (tertiary alicyclic amines) is 1. The van der Waals surface area contributed by atoms with Gasteiger partial charge >= 0.3 is 6.03 Å². The Morgan fingerprint density at radius 1 is 1.15 bits per heavy atom. The number of rotatable bonds is 2. The van der Waals surface area contributed by atoms with Gasteiger partial charge in [-0.15, -0.1) is 0 Å². The van der Waals surface area contributed by atoms with Crippen LogP contribution < -0.4 is 10.2 Å². The van der Waals surface area contributed by atoms with Crippen molar-refractivity contribution in [2.75, 3.05) is 24.5 Å². The Morgan fingerprint density at radius 3 is 2.69 bits per heavy atom. The molecule has 0 bridgehead atoms. The lowest BCUT2D eigenvalue weighted by Gasteiger charge is -2.28. The summed E-state index contributed by atoms with van der Waals surface area (Å²) >= 11 is 0. The third-order valence-corrected chi connectivity index (χ3v) is 6.39. The fraction of sp³-hybridized carbons (Fsp3) is 0.619. The zero-order valence-corrected chi connectivity index (χ0v) is 15.7. The Morgan fingerprint density at radius 2 is 1.92 bits per heavy atom. The molecule has 1 spiro atoms. The summed E-state index contributed by atoms with van der Waals surface area (Å²) < 4.78 is 0. The molecule has 1 unspecified atom stereocenters. The van der Waals surface area contributed by atoms with Gasteiger partial charge in [-0.05, 0) is 37.8 Å². The van der Waals surface area contributed by atoms with Gasteiger partial charge in [0.15, 0.2) is 0 Å². The molecule has 3 fully saturated rings. The Balaban J connectivity index is 1.40. The van der Waals surface area contributed by atoms with Crippen molar-refractivity contribution in [3.63, 3.8) is 0 Å². The molecule has 1 aromatic rings. The minimum atomic E-state index is -0.0801. The molecule has 3 amide bonds. The molecule has 0 aromatic heterocycles. The molecule has 3 aliphatic rings. The van der Waals surface area contributed by atoms with Gasteiger partial charge in [-0.1, -0.05) is 37.5 Å². The molecule has 1 atom stereocenters. The number of nitrogens with zero attached hydrogens (tertiary/aromatic N) is 2. The van der Waals surface area contributed by atoms with Crippen molar-refractivity contribution in [3.8, 4) is 0 Å². The van der Waals surface area contributed by atoms with Gasteiger partial charge < -0.3 is 15.1 Å². The van der Waals surface area contributed by atoms with Crippen LogP contribution in [-0.2, 0) is 4.79 Å². The maximum absolute atomic E-state index is 12.7. The first-order chi connectivity index (χ1) is 12.6. The number of carbonyl (C=O) groups excluding carboxylic acids is 2. The SMILES string of the molecule is Cc1ccccc1N1CC2(CCN(C(=O)NC3CCCCC3)C2)CC1=O. The molecule has 140 valence electrons. The van der Waals surface area contributed by atoms with Crippen LogP contribution in [0.25, 0.3) is 0 Å². The summed E-state index contributed by atoms with van der Waals surface area (Å²) in [6.45, 7) is 4.23. The van der Waals surface area contributed by atoms with E-state index >= 15 is 0 Å². The van der Waals surface area contributed by atoms with Crippen LogP contribution in [0.5, 0.6) is 0 Å².